The molecule has 106 valence electrons. The first-order chi connectivity index (χ1) is 8.76. The molecule has 4 nitrogen and oxygen atoms in total. The number of hydrogen-bond donors (Lipinski definition) is 2. The fraction of sp³-hybridized carbons (Fsp3) is 0.929. The van der Waals surface area contributed by atoms with Crippen molar-refractivity contribution in [2.75, 3.05) is 26.2 Å². The van der Waals surface area contributed by atoms with Crippen molar-refractivity contribution in [3.8, 4) is 0 Å². The zero-order valence-electron chi connectivity index (χ0n) is 12.1. The third-order valence-electron chi connectivity index (χ3n) is 3.80. The molecular formula is C14H30N4. The van der Waals surface area contributed by atoms with E-state index in [9.17, 15) is 0 Å². The minimum atomic E-state index is 0.546. The number of guanidine groups is 1. The summed E-state index contributed by atoms with van der Waals surface area (Å²) >= 11 is 0. The van der Waals surface area contributed by atoms with Crippen LogP contribution in [0.25, 0.3) is 0 Å². The average Bonchev–Trinajstić information content (AvgIpc) is 2.63. The van der Waals surface area contributed by atoms with Crippen LogP contribution in [-0.2, 0) is 0 Å². The number of hydrogen-bond acceptors (Lipinski definition) is 2. The van der Waals surface area contributed by atoms with E-state index in [1.165, 1.54) is 38.5 Å². The minimum absolute atomic E-state index is 0.546. The highest BCUT2D eigenvalue weighted by Gasteiger charge is 2.12. The van der Waals surface area contributed by atoms with Crippen molar-refractivity contribution in [1.29, 1.82) is 0 Å². The number of nitrogens with zero attached hydrogens (tertiary/aromatic N) is 2. The molecule has 0 amide bonds. The normalized spacial score (nSPS) is 18.9. The molecule has 0 atom stereocenters. The van der Waals surface area contributed by atoms with Crippen molar-refractivity contribution in [3.63, 3.8) is 0 Å². The van der Waals surface area contributed by atoms with Gasteiger partial charge in [-0.3, -0.25) is 4.99 Å². The van der Waals surface area contributed by atoms with Gasteiger partial charge in [-0.15, -0.1) is 0 Å². The highest BCUT2D eigenvalue weighted by atomic mass is 15.1. The van der Waals surface area contributed by atoms with E-state index in [2.05, 4.69) is 29.1 Å². The second-order valence-electron chi connectivity index (χ2n) is 5.13. The summed E-state index contributed by atoms with van der Waals surface area (Å²) < 4.78 is 0. The molecule has 1 rings (SSSR count). The van der Waals surface area contributed by atoms with Crippen molar-refractivity contribution in [2.24, 2.45) is 10.7 Å². The summed E-state index contributed by atoms with van der Waals surface area (Å²) in [4.78, 5) is 6.79. The van der Waals surface area contributed by atoms with E-state index in [1.807, 2.05) is 0 Å². The Morgan fingerprint density at radius 1 is 1.17 bits per heavy atom. The number of nitrogens with two attached hydrogens (primary N) is 1. The predicted molar refractivity (Wildman–Crippen MR) is 78.9 cm³/mol. The highest BCUT2D eigenvalue weighted by molar-refractivity contribution is 5.78. The zero-order valence-corrected chi connectivity index (χ0v) is 12.1. The smallest absolute Gasteiger partial charge is 0.188 e. The van der Waals surface area contributed by atoms with E-state index in [-0.39, 0.29) is 0 Å². The molecule has 1 fully saturated rings. The van der Waals surface area contributed by atoms with Crippen molar-refractivity contribution < 1.29 is 0 Å². The number of nitrogens with one attached hydrogen (secondary N) is 1. The zero-order chi connectivity index (χ0) is 13.2. The van der Waals surface area contributed by atoms with Gasteiger partial charge in [0, 0.05) is 12.6 Å². The number of aliphatic imine (C=N–C) groups is 1. The molecule has 0 spiro atoms. The molecule has 18 heavy (non-hydrogen) atoms. The summed E-state index contributed by atoms with van der Waals surface area (Å²) in [7, 11) is 0. The molecule has 0 radical (unpaired) electrons. The monoisotopic (exact) mass is 254 g/mol. The van der Waals surface area contributed by atoms with Crippen LogP contribution in [0.2, 0.25) is 0 Å². The Morgan fingerprint density at radius 3 is 2.33 bits per heavy atom. The van der Waals surface area contributed by atoms with Gasteiger partial charge in [0.1, 0.15) is 0 Å². The molecule has 0 aromatic heterocycles. The lowest BCUT2D eigenvalue weighted by molar-refractivity contribution is 0.313. The predicted octanol–water partition coefficient (Wildman–Crippen LogP) is 1.96. The largest absolute Gasteiger partial charge is 0.370 e. The van der Waals surface area contributed by atoms with Crippen LogP contribution in [-0.4, -0.2) is 43.1 Å². The van der Waals surface area contributed by atoms with Gasteiger partial charge < -0.3 is 16.0 Å². The second-order valence-corrected chi connectivity index (χ2v) is 5.13. The Hall–Kier alpha value is -0.770. The third-order valence-corrected chi connectivity index (χ3v) is 3.80. The maximum atomic E-state index is 5.95. The molecule has 0 aromatic carbocycles. The van der Waals surface area contributed by atoms with Gasteiger partial charge in [0.05, 0.1) is 6.54 Å². The van der Waals surface area contributed by atoms with Crippen LogP contribution >= 0.6 is 0 Å². The molecule has 1 saturated carbocycles. The van der Waals surface area contributed by atoms with E-state index in [0.29, 0.717) is 12.0 Å². The SMILES string of the molecule is CCN(CC)CCN=C(N)NC1CCCCCC1. The van der Waals surface area contributed by atoms with E-state index in [1.54, 1.807) is 0 Å². The summed E-state index contributed by atoms with van der Waals surface area (Å²) in [5.41, 5.74) is 5.95. The average molecular weight is 254 g/mol. The van der Waals surface area contributed by atoms with Gasteiger partial charge in [-0.1, -0.05) is 39.5 Å². The topological polar surface area (TPSA) is 53.6 Å². The van der Waals surface area contributed by atoms with Crippen LogP contribution < -0.4 is 11.1 Å². The first kappa shape index (κ1) is 15.3. The first-order valence-corrected chi connectivity index (χ1v) is 7.55. The summed E-state index contributed by atoms with van der Waals surface area (Å²) in [5.74, 6) is 0.633. The number of likely N-dealkylation sites (N-methyl/N-ethyl adjacent to an activating group) is 1. The van der Waals surface area contributed by atoms with Crippen molar-refractivity contribution in [2.45, 2.75) is 58.4 Å². The quantitative estimate of drug-likeness (QED) is 0.433. The van der Waals surface area contributed by atoms with Crippen LogP contribution in [0.5, 0.6) is 0 Å². The standard InChI is InChI=1S/C14H30N4/c1-3-18(4-2)12-11-16-14(15)17-13-9-7-5-6-8-10-13/h13H,3-12H2,1-2H3,(H3,15,16,17). The first-order valence-electron chi connectivity index (χ1n) is 7.55. The summed E-state index contributed by atoms with van der Waals surface area (Å²) in [5, 5.41) is 3.38. The molecule has 4 heteroatoms. The lowest BCUT2D eigenvalue weighted by atomic mass is 10.1. The Labute approximate surface area is 112 Å². The molecule has 0 unspecified atom stereocenters. The molecule has 0 aromatic rings. The summed E-state index contributed by atoms with van der Waals surface area (Å²) in [6, 6.07) is 0.546. The Kier molecular flexibility index (Phi) is 7.81. The third kappa shape index (κ3) is 6.24. The van der Waals surface area contributed by atoms with E-state index < -0.39 is 0 Å². The van der Waals surface area contributed by atoms with Crippen LogP contribution in [0.15, 0.2) is 4.99 Å². The second kappa shape index (κ2) is 9.20. The fourth-order valence-corrected chi connectivity index (χ4v) is 2.53. The van der Waals surface area contributed by atoms with Gasteiger partial charge >= 0.3 is 0 Å². The highest BCUT2D eigenvalue weighted by Crippen LogP contribution is 2.16. The maximum Gasteiger partial charge on any atom is 0.188 e. The van der Waals surface area contributed by atoms with Crippen LogP contribution in [0, 0.1) is 0 Å². The molecule has 0 bridgehead atoms. The molecule has 1 aliphatic carbocycles. The van der Waals surface area contributed by atoms with Gasteiger partial charge in [0.2, 0.25) is 0 Å². The van der Waals surface area contributed by atoms with E-state index in [4.69, 9.17) is 5.73 Å². The van der Waals surface area contributed by atoms with Crippen LogP contribution in [0.1, 0.15) is 52.4 Å². The Morgan fingerprint density at radius 2 is 1.78 bits per heavy atom. The van der Waals surface area contributed by atoms with E-state index in [0.717, 1.165) is 26.2 Å². The molecule has 0 heterocycles. The molecule has 3 N–H and O–H groups in total. The molecule has 1 aliphatic rings. The van der Waals surface area contributed by atoms with Gasteiger partial charge in [-0.05, 0) is 25.9 Å². The van der Waals surface area contributed by atoms with E-state index >= 15 is 0 Å². The Bertz CT molecular complexity index is 228. The summed E-state index contributed by atoms with van der Waals surface area (Å²) in [6.45, 7) is 8.33. The molecular weight excluding hydrogens is 224 g/mol. The van der Waals surface area contributed by atoms with Crippen molar-refractivity contribution in [1.82, 2.24) is 10.2 Å². The van der Waals surface area contributed by atoms with Gasteiger partial charge in [0.25, 0.3) is 0 Å². The minimum Gasteiger partial charge on any atom is -0.370 e. The molecule has 0 aliphatic heterocycles. The van der Waals surface area contributed by atoms with Gasteiger partial charge in [-0.2, -0.15) is 0 Å². The number of rotatable bonds is 6. The summed E-state index contributed by atoms with van der Waals surface area (Å²) in [6.07, 6.45) is 7.88. The van der Waals surface area contributed by atoms with Crippen LogP contribution in [0.3, 0.4) is 0 Å². The lowest BCUT2D eigenvalue weighted by Crippen LogP contribution is -2.40. The van der Waals surface area contributed by atoms with Crippen molar-refractivity contribution in [3.05, 3.63) is 0 Å². The van der Waals surface area contributed by atoms with Gasteiger partial charge in [0.15, 0.2) is 5.96 Å². The van der Waals surface area contributed by atoms with Crippen molar-refractivity contribution >= 4 is 5.96 Å². The van der Waals surface area contributed by atoms with Gasteiger partial charge in [-0.25, -0.2) is 0 Å². The lowest BCUT2D eigenvalue weighted by Gasteiger charge is -2.18. The fourth-order valence-electron chi connectivity index (χ4n) is 2.53. The Balaban J connectivity index is 2.23. The maximum absolute atomic E-state index is 5.95. The van der Waals surface area contributed by atoms with Crippen LogP contribution in [0.4, 0.5) is 0 Å². The molecule has 0 saturated heterocycles.